The highest BCUT2D eigenvalue weighted by atomic mass is 32.2. The first kappa shape index (κ1) is 38.2. The van der Waals surface area contributed by atoms with E-state index < -0.39 is 44.3 Å². The standard InChI is InChI=1S/C38H59N5O6S/c1-24(2)29-20-31(34(45)40-30(32(44)21-39)17-25-13-14-25)43(22-29)35(46)33(28-18-26-11-7-8-12-27(26)19-28)41-36(47)42-38(15-9-6-10-16-38)23-50(48,49)37(3,4)5/h7-8,11-12,24-25,28-31,33H,6,9-10,13-23,39H2,1-5H3,(H,40,45)(H2,41,42,47). The lowest BCUT2D eigenvalue weighted by Crippen LogP contribution is -2.62. The monoisotopic (exact) mass is 713 g/mol. The predicted molar refractivity (Wildman–Crippen MR) is 194 cm³/mol. The lowest BCUT2D eigenvalue weighted by molar-refractivity contribution is -0.141. The zero-order valence-corrected chi connectivity index (χ0v) is 31.4. The zero-order chi connectivity index (χ0) is 36.4. The number of carbonyl (C=O) groups excluding carboxylic acids is 4. The van der Waals surface area contributed by atoms with Crippen LogP contribution in [0.2, 0.25) is 0 Å². The summed E-state index contributed by atoms with van der Waals surface area (Å²) < 4.78 is 25.9. The van der Waals surface area contributed by atoms with Crippen molar-refractivity contribution in [2.75, 3.05) is 18.8 Å². The lowest BCUT2D eigenvalue weighted by Gasteiger charge is -2.40. The lowest BCUT2D eigenvalue weighted by atomic mass is 9.83. The van der Waals surface area contributed by atoms with Gasteiger partial charge in [-0.05, 0) is 94.1 Å². The van der Waals surface area contributed by atoms with E-state index in [1.807, 2.05) is 24.3 Å². The van der Waals surface area contributed by atoms with Gasteiger partial charge in [-0.25, -0.2) is 13.2 Å². The Labute approximate surface area is 298 Å². The van der Waals surface area contributed by atoms with Gasteiger partial charge in [0.05, 0.1) is 28.6 Å². The van der Waals surface area contributed by atoms with E-state index in [9.17, 15) is 27.6 Å². The molecule has 1 aromatic carbocycles. The molecule has 50 heavy (non-hydrogen) atoms. The SMILES string of the molecule is CC(C)C1CC(C(=O)NC(CC2CC2)C(=O)CN)N(C(=O)C(NC(=O)NC2(CS(=O)(=O)C(C)(C)C)CCCCC2)C2Cc3ccccc3C2)C1. The minimum atomic E-state index is -3.56. The highest BCUT2D eigenvalue weighted by Crippen LogP contribution is 2.36. The van der Waals surface area contributed by atoms with Gasteiger partial charge in [0.25, 0.3) is 0 Å². The van der Waals surface area contributed by atoms with E-state index in [1.54, 1.807) is 25.7 Å². The highest BCUT2D eigenvalue weighted by Gasteiger charge is 2.47. The molecule has 278 valence electrons. The fourth-order valence-corrected chi connectivity index (χ4v) is 9.65. The summed E-state index contributed by atoms with van der Waals surface area (Å²) in [6, 6.07) is 5.03. The largest absolute Gasteiger partial charge is 0.344 e. The molecule has 11 nitrogen and oxygen atoms in total. The molecule has 4 unspecified atom stereocenters. The Hall–Kier alpha value is -2.99. The quantitative estimate of drug-likeness (QED) is 0.242. The maximum atomic E-state index is 14.8. The summed E-state index contributed by atoms with van der Waals surface area (Å²) in [5.41, 5.74) is 7.02. The number of urea groups is 1. The zero-order valence-electron chi connectivity index (χ0n) is 30.6. The Morgan fingerprint density at radius 1 is 0.960 bits per heavy atom. The summed E-state index contributed by atoms with van der Waals surface area (Å²) in [6.45, 7) is 9.39. The number of fused-ring (bicyclic) bond motifs is 1. The second kappa shape index (κ2) is 15.3. The fraction of sp³-hybridized carbons (Fsp3) is 0.737. The fourth-order valence-electron chi connectivity index (χ4n) is 8.13. The van der Waals surface area contributed by atoms with E-state index in [2.05, 4.69) is 29.8 Å². The molecular weight excluding hydrogens is 655 g/mol. The van der Waals surface area contributed by atoms with Gasteiger partial charge >= 0.3 is 6.03 Å². The number of likely N-dealkylation sites (tertiary alicyclic amines) is 1. The first-order valence-corrected chi connectivity index (χ1v) is 20.4. The maximum absolute atomic E-state index is 14.8. The number of nitrogens with zero attached hydrogens (tertiary/aromatic N) is 1. The maximum Gasteiger partial charge on any atom is 0.315 e. The minimum Gasteiger partial charge on any atom is -0.344 e. The van der Waals surface area contributed by atoms with Crippen LogP contribution in [0.4, 0.5) is 4.79 Å². The van der Waals surface area contributed by atoms with Gasteiger partial charge in [0.1, 0.15) is 12.1 Å². The van der Waals surface area contributed by atoms with Crippen molar-refractivity contribution >= 4 is 33.5 Å². The molecule has 1 aliphatic heterocycles. The van der Waals surface area contributed by atoms with Crippen molar-refractivity contribution in [2.24, 2.45) is 29.4 Å². The first-order chi connectivity index (χ1) is 23.5. The molecule has 0 aromatic heterocycles. The number of Topliss-reactive ketones (excluding diaryl/α,β-unsaturated/α-hetero) is 1. The molecule has 12 heteroatoms. The van der Waals surface area contributed by atoms with Crippen LogP contribution in [-0.2, 0) is 37.1 Å². The molecule has 5 N–H and O–H groups in total. The summed E-state index contributed by atoms with van der Waals surface area (Å²) in [6.07, 6.45) is 7.88. The van der Waals surface area contributed by atoms with Crippen LogP contribution in [0.5, 0.6) is 0 Å². The van der Waals surface area contributed by atoms with E-state index in [0.717, 1.165) is 43.2 Å². The molecule has 2 saturated carbocycles. The van der Waals surface area contributed by atoms with Gasteiger partial charge < -0.3 is 26.6 Å². The number of rotatable bonds is 13. The van der Waals surface area contributed by atoms with Crippen molar-refractivity contribution in [3.63, 3.8) is 0 Å². The number of carbonyl (C=O) groups is 4. The number of benzene rings is 1. The summed E-state index contributed by atoms with van der Waals surface area (Å²) in [5.74, 6) is -0.671. The van der Waals surface area contributed by atoms with Crippen molar-refractivity contribution in [3.05, 3.63) is 35.4 Å². The van der Waals surface area contributed by atoms with Crippen molar-refractivity contribution < 1.29 is 27.6 Å². The Bertz CT molecular complexity index is 1500. The highest BCUT2D eigenvalue weighted by molar-refractivity contribution is 7.92. The van der Waals surface area contributed by atoms with Crippen LogP contribution in [0, 0.1) is 23.7 Å². The number of amides is 4. The molecule has 0 bridgehead atoms. The van der Waals surface area contributed by atoms with E-state index >= 15 is 0 Å². The molecule has 1 saturated heterocycles. The second-order valence-corrected chi connectivity index (χ2v) is 19.6. The molecular formula is C38H59N5O6S. The van der Waals surface area contributed by atoms with Gasteiger partial charge in [-0.15, -0.1) is 0 Å². The number of hydrogen-bond acceptors (Lipinski definition) is 7. The van der Waals surface area contributed by atoms with Gasteiger partial charge in [0, 0.05) is 6.54 Å². The molecule has 3 aliphatic carbocycles. The van der Waals surface area contributed by atoms with E-state index in [1.165, 1.54) is 0 Å². The van der Waals surface area contributed by atoms with Crippen molar-refractivity contribution in [2.45, 2.75) is 134 Å². The number of ketones is 1. The Balaban J connectivity index is 1.41. The molecule has 1 aromatic rings. The molecule has 1 heterocycles. The smallest absolute Gasteiger partial charge is 0.315 e. The number of sulfone groups is 1. The normalized spacial score (nSPS) is 23.6. The van der Waals surface area contributed by atoms with E-state index in [-0.39, 0.29) is 47.6 Å². The topological polar surface area (TPSA) is 168 Å². The summed E-state index contributed by atoms with van der Waals surface area (Å²) in [5, 5.41) is 9.08. The average Bonchev–Trinajstić information content (AvgIpc) is 3.58. The Morgan fingerprint density at radius 2 is 1.58 bits per heavy atom. The summed E-state index contributed by atoms with van der Waals surface area (Å²) >= 11 is 0. The average molecular weight is 714 g/mol. The van der Waals surface area contributed by atoms with Crippen LogP contribution in [0.15, 0.2) is 24.3 Å². The molecule has 4 aliphatic rings. The molecule has 4 amide bonds. The van der Waals surface area contributed by atoms with Gasteiger partial charge in [0.15, 0.2) is 15.6 Å². The van der Waals surface area contributed by atoms with E-state index in [0.29, 0.717) is 51.0 Å². The summed E-state index contributed by atoms with van der Waals surface area (Å²) in [7, 11) is -3.56. The molecule has 4 atom stereocenters. The molecule has 3 fully saturated rings. The third kappa shape index (κ3) is 8.89. The van der Waals surface area contributed by atoms with Crippen LogP contribution >= 0.6 is 0 Å². The van der Waals surface area contributed by atoms with Crippen molar-refractivity contribution in [1.82, 2.24) is 20.9 Å². The number of hydrogen-bond donors (Lipinski definition) is 4. The van der Waals surface area contributed by atoms with Crippen LogP contribution in [-0.4, -0.2) is 84.2 Å². The Morgan fingerprint density at radius 3 is 2.12 bits per heavy atom. The van der Waals surface area contributed by atoms with E-state index in [4.69, 9.17) is 5.73 Å². The second-order valence-electron chi connectivity index (χ2n) is 16.9. The van der Waals surface area contributed by atoms with Crippen molar-refractivity contribution in [1.29, 1.82) is 0 Å². The van der Waals surface area contributed by atoms with Crippen molar-refractivity contribution in [3.8, 4) is 0 Å². The van der Waals surface area contributed by atoms with Gasteiger partial charge in [0.2, 0.25) is 11.8 Å². The third-order valence-corrected chi connectivity index (χ3v) is 14.5. The van der Waals surface area contributed by atoms with Crippen LogP contribution < -0.4 is 21.7 Å². The van der Waals surface area contributed by atoms with Crippen LogP contribution in [0.1, 0.15) is 104 Å². The Kier molecular flexibility index (Phi) is 11.7. The van der Waals surface area contributed by atoms with Gasteiger partial charge in [-0.3, -0.25) is 14.4 Å². The number of nitrogens with two attached hydrogens (primary N) is 1. The third-order valence-electron chi connectivity index (χ3n) is 11.7. The number of nitrogens with one attached hydrogen (secondary N) is 3. The predicted octanol–water partition coefficient (Wildman–Crippen LogP) is 3.67. The summed E-state index contributed by atoms with van der Waals surface area (Å²) in [4.78, 5) is 57.2. The van der Waals surface area contributed by atoms with Crippen LogP contribution in [0.3, 0.4) is 0 Å². The molecule has 5 rings (SSSR count). The van der Waals surface area contributed by atoms with Gasteiger partial charge in [-0.2, -0.15) is 0 Å². The molecule has 0 spiro atoms. The minimum absolute atomic E-state index is 0.0603. The molecule has 0 radical (unpaired) electrons. The first-order valence-electron chi connectivity index (χ1n) is 18.7. The van der Waals surface area contributed by atoms with Gasteiger partial charge in [-0.1, -0.05) is 70.2 Å². The van der Waals surface area contributed by atoms with Crippen LogP contribution in [0.25, 0.3) is 0 Å².